The van der Waals surface area contributed by atoms with Gasteiger partial charge >= 0.3 is 0 Å². The molecule has 0 bridgehead atoms. The van der Waals surface area contributed by atoms with Gasteiger partial charge in [0.05, 0.1) is 5.75 Å². The highest BCUT2D eigenvalue weighted by atomic mass is 32.2. The molecular formula is C21H24N2O3S. The molecule has 1 heterocycles. The Hall–Kier alpha value is -2.44. The summed E-state index contributed by atoms with van der Waals surface area (Å²) in [5, 5.41) is 0.954. The van der Waals surface area contributed by atoms with Gasteiger partial charge in [-0.15, -0.1) is 0 Å². The quantitative estimate of drug-likeness (QED) is 0.685. The van der Waals surface area contributed by atoms with E-state index in [2.05, 4.69) is 9.71 Å². The summed E-state index contributed by atoms with van der Waals surface area (Å²) in [6, 6.07) is 13.3. The molecule has 3 rings (SSSR count). The van der Waals surface area contributed by atoms with Gasteiger partial charge in [0.1, 0.15) is 0 Å². The molecule has 2 N–H and O–H groups in total. The average Bonchev–Trinajstić information content (AvgIpc) is 2.56. The smallest absolute Gasteiger partial charge is 0.251 e. The van der Waals surface area contributed by atoms with Crippen LogP contribution in [0.3, 0.4) is 0 Å². The molecule has 0 atom stereocenters. The highest BCUT2D eigenvalue weighted by Gasteiger charge is 2.12. The van der Waals surface area contributed by atoms with Crippen LogP contribution >= 0.6 is 0 Å². The molecule has 5 nitrogen and oxygen atoms in total. The molecule has 0 radical (unpaired) electrons. The van der Waals surface area contributed by atoms with Crippen molar-refractivity contribution in [3.8, 4) is 0 Å². The predicted octanol–water partition coefficient (Wildman–Crippen LogP) is 3.12. The third-order valence-electron chi connectivity index (χ3n) is 4.69. The normalized spacial score (nSPS) is 11.8. The third-order valence-corrected chi connectivity index (χ3v) is 6.05. The maximum absolute atomic E-state index is 12.3. The van der Waals surface area contributed by atoms with Crippen LogP contribution in [0.25, 0.3) is 10.9 Å². The maximum Gasteiger partial charge on any atom is 0.251 e. The number of rotatable bonds is 6. The molecule has 0 amide bonds. The van der Waals surface area contributed by atoms with E-state index in [0.717, 1.165) is 33.2 Å². The summed E-state index contributed by atoms with van der Waals surface area (Å²) in [6.07, 6.45) is 0.339. The Balaban J connectivity index is 1.70. The highest BCUT2D eigenvalue weighted by Crippen LogP contribution is 2.17. The van der Waals surface area contributed by atoms with Crippen LogP contribution in [0.4, 0.5) is 0 Å². The second-order valence-electron chi connectivity index (χ2n) is 7.04. The third kappa shape index (κ3) is 4.84. The maximum atomic E-state index is 12.3. The van der Waals surface area contributed by atoms with Crippen molar-refractivity contribution in [1.82, 2.24) is 9.71 Å². The number of benzene rings is 2. The van der Waals surface area contributed by atoms with Gasteiger partial charge in [0.15, 0.2) is 0 Å². The average molecular weight is 385 g/mol. The minimum absolute atomic E-state index is 0.0682. The first-order chi connectivity index (χ1) is 12.7. The molecule has 0 unspecified atom stereocenters. The van der Waals surface area contributed by atoms with Crippen LogP contribution in [0.15, 0.2) is 47.3 Å². The lowest BCUT2D eigenvalue weighted by atomic mass is 10.0. The summed E-state index contributed by atoms with van der Waals surface area (Å²) in [4.78, 5) is 15.2. The van der Waals surface area contributed by atoms with E-state index in [0.29, 0.717) is 12.0 Å². The molecule has 27 heavy (non-hydrogen) atoms. The van der Waals surface area contributed by atoms with Crippen LogP contribution in [-0.4, -0.2) is 19.9 Å². The molecule has 0 saturated carbocycles. The van der Waals surface area contributed by atoms with Gasteiger partial charge in [-0.05, 0) is 67.5 Å². The van der Waals surface area contributed by atoms with Gasteiger partial charge in [0, 0.05) is 17.6 Å². The van der Waals surface area contributed by atoms with Crippen LogP contribution in [0, 0.1) is 20.8 Å². The first-order valence-corrected chi connectivity index (χ1v) is 10.5. The number of aryl methyl sites for hydroxylation is 3. The lowest BCUT2D eigenvalue weighted by Crippen LogP contribution is -2.28. The van der Waals surface area contributed by atoms with Crippen LogP contribution in [-0.2, 0) is 22.2 Å². The molecule has 0 aliphatic heterocycles. The van der Waals surface area contributed by atoms with Crippen molar-refractivity contribution in [3.63, 3.8) is 0 Å². The summed E-state index contributed by atoms with van der Waals surface area (Å²) in [5.41, 5.74) is 5.24. The van der Waals surface area contributed by atoms with Gasteiger partial charge in [0.25, 0.3) is 5.56 Å². The Morgan fingerprint density at radius 1 is 1.00 bits per heavy atom. The van der Waals surface area contributed by atoms with Crippen molar-refractivity contribution in [2.45, 2.75) is 32.9 Å². The molecule has 0 saturated heterocycles. The summed E-state index contributed by atoms with van der Waals surface area (Å²) in [7, 11) is -3.45. The van der Waals surface area contributed by atoms with Gasteiger partial charge in [0.2, 0.25) is 10.0 Å². The SMILES string of the molecule is Cc1cccc(CS(=O)(=O)NCCc2cc3cc(C)c(C)cc3[nH]c2=O)c1. The highest BCUT2D eigenvalue weighted by molar-refractivity contribution is 7.88. The zero-order chi connectivity index (χ0) is 19.6. The van der Waals surface area contributed by atoms with E-state index in [1.54, 1.807) is 6.07 Å². The fraction of sp³-hybridized carbons (Fsp3) is 0.286. The molecule has 1 aromatic heterocycles. The van der Waals surface area contributed by atoms with E-state index in [-0.39, 0.29) is 17.9 Å². The number of pyridine rings is 1. The van der Waals surface area contributed by atoms with E-state index in [1.165, 1.54) is 0 Å². The molecule has 0 fully saturated rings. The number of fused-ring (bicyclic) bond motifs is 1. The Kier molecular flexibility index (Phi) is 5.48. The van der Waals surface area contributed by atoms with E-state index >= 15 is 0 Å². The number of nitrogens with one attached hydrogen (secondary N) is 2. The summed E-state index contributed by atoms with van der Waals surface area (Å²) >= 11 is 0. The topological polar surface area (TPSA) is 79.0 Å². The fourth-order valence-corrected chi connectivity index (χ4v) is 4.25. The molecule has 142 valence electrons. The Morgan fingerprint density at radius 2 is 1.74 bits per heavy atom. The predicted molar refractivity (Wildman–Crippen MR) is 110 cm³/mol. The van der Waals surface area contributed by atoms with Crippen LogP contribution in [0.2, 0.25) is 0 Å². The molecule has 3 aromatic rings. The van der Waals surface area contributed by atoms with E-state index in [1.807, 2.05) is 57.2 Å². The Morgan fingerprint density at radius 3 is 2.48 bits per heavy atom. The van der Waals surface area contributed by atoms with Gasteiger partial charge in [-0.25, -0.2) is 13.1 Å². The molecule has 0 aliphatic rings. The first-order valence-electron chi connectivity index (χ1n) is 8.89. The van der Waals surface area contributed by atoms with E-state index in [9.17, 15) is 13.2 Å². The number of hydrogen-bond donors (Lipinski definition) is 2. The minimum Gasteiger partial charge on any atom is -0.322 e. The van der Waals surface area contributed by atoms with Crippen molar-refractivity contribution in [2.24, 2.45) is 0 Å². The van der Waals surface area contributed by atoms with Crippen molar-refractivity contribution in [1.29, 1.82) is 0 Å². The van der Waals surface area contributed by atoms with Gasteiger partial charge in [-0.2, -0.15) is 0 Å². The second kappa shape index (κ2) is 7.66. The van der Waals surface area contributed by atoms with Gasteiger partial charge < -0.3 is 4.98 Å². The second-order valence-corrected chi connectivity index (χ2v) is 8.85. The van der Waals surface area contributed by atoms with Crippen molar-refractivity contribution >= 4 is 20.9 Å². The first kappa shape index (κ1) is 19.3. The lowest BCUT2D eigenvalue weighted by Gasteiger charge is -2.09. The molecule has 0 aliphatic carbocycles. The summed E-state index contributed by atoms with van der Waals surface area (Å²) < 4.78 is 27.2. The summed E-state index contributed by atoms with van der Waals surface area (Å²) in [5.74, 6) is -0.0682. The number of hydrogen-bond acceptors (Lipinski definition) is 3. The Bertz CT molecular complexity index is 1150. The van der Waals surface area contributed by atoms with Gasteiger partial charge in [-0.3, -0.25) is 4.79 Å². The molecule has 2 aromatic carbocycles. The largest absolute Gasteiger partial charge is 0.322 e. The van der Waals surface area contributed by atoms with Crippen LogP contribution < -0.4 is 10.3 Å². The van der Waals surface area contributed by atoms with E-state index in [4.69, 9.17) is 0 Å². The van der Waals surface area contributed by atoms with Crippen molar-refractivity contribution in [2.75, 3.05) is 6.54 Å². The minimum atomic E-state index is -3.45. The molecule has 0 spiro atoms. The molecular weight excluding hydrogens is 360 g/mol. The Labute approximate surface area is 159 Å². The zero-order valence-electron chi connectivity index (χ0n) is 15.8. The van der Waals surface area contributed by atoms with Gasteiger partial charge in [-0.1, -0.05) is 29.8 Å². The number of sulfonamides is 1. The van der Waals surface area contributed by atoms with E-state index < -0.39 is 10.0 Å². The molecule has 6 heteroatoms. The lowest BCUT2D eigenvalue weighted by molar-refractivity contribution is 0.580. The standard InChI is InChI=1S/C21H24N2O3S/c1-14-5-4-6-17(9-14)13-27(25,26)22-8-7-18-12-19-10-15(2)16(3)11-20(19)23-21(18)24/h4-6,9-12,22H,7-8,13H2,1-3H3,(H,23,24). The zero-order valence-corrected chi connectivity index (χ0v) is 16.6. The van der Waals surface area contributed by atoms with Crippen molar-refractivity contribution < 1.29 is 8.42 Å². The number of aromatic amines is 1. The fourth-order valence-electron chi connectivity index (χ4n) is 3.12. The van der Waals surface area contributed by atoms with Crippen molar-refractivity contribution in [3.05, 3.63) is 80.6 Å². The summed E-state index contributed by atoms with van der Waals surface area (Å²) in [6.45, 7) is 6.15. The van der Waals surface area contributed by atoms with Crippen LogP contribution in [0.5, 0.6) is 0 Å². The van der Waals surface area contributed by atoms with Crippen LogP contribution in [0.1, 0.15) is 27.8 Å². The monoisotopic (exact) mass is 384 g/mol. The number of H-pyrrole nitrogens is 1. The number of aromatic nitrogens is 1.